The Bertz CT molecular complexity index is 591. The fraction of sp³-hybridized carbons (Fsp3) is 0.529. The van der Waals surface area contributed by atoms with Crippen LogP contribution in [0.1, 0.15) is 31.2 Å². The standard InChI is InChI=1S/C17H22N2O3/c1-18-14-5-3-2-4-13(14)17(12-16(18)22)7-9-19(10-8-17)15(21)6-11-20/h2-5,20H,6-12H2,1H3. The van der Waals surface area contributed by atoms with Crippen LogP contribution in [-0.4, -0.2) is 48.6 Å². The smallest absolute Gasteiger partial charge is 0.227 e. The van der Waals surface area contributed by atoms with Gasteiger partial charge < -0.3 is 14.9 Å². The minimum absolute atomic E-state index is 0.00453. The van der Waals surface area contributed by atoms with E-state index in [2.05, 4.69) is 6.07 Å². The molecule has 1 aromatic carbocycles. The Labute approximate surface area is 130 Å². The molecule has 2 amide bonds. The average Bonchev–Trinajstić information content (AvgIpc) is 2.54. The fourth-order valence-electron chi connectivity index (χ4n) is 3.74. The van der Waals surface area contributed by atoms with Crippen LogP contribution in [0.15, 0.2) is 24.3 Å². The second-order valence-electron chi connectivity index (χ2n) is 6.28. The maximum atomic E-state index is 12.4. The highest BCUT2D eigenvalue weighted by Gasteiger charge is 2.44. The molecule has 3 rings (SSSR count). The van der Waals surface area contributed by atoms with E-state index in [1.165, 1.54) is 5.56 Å². The van der Waals surface area contributed by atoms with Crippen LogP contribution in [0, 0.1) is 0 Å². The summed E-state index contributed by atoms with van der Waals surface area (Å²) < 4.78 is 0. The van der Waals surface area contributed by atoms with Crippen LogP contribution in [0.25, 0.3) is 0 Å². The van der Waals surface area contributed by atoms with Gasteiger partial charge in [0.2, 0.25) is 11.8 Å². The van der Waals surface area contributed by atoms with Gasteiger partial charge >= 0.3 is 0 Å². The summed E-state index contributed by atoms with van der Waals surface area (Å²) in [7, 11) is 1.83. The summed E-state index contributed by atoms with van der Waals surface area (Å²) >= 11 is 0. The highest BCUT2D eigenvalue weighted by atomic mass is 16.3. The predicted octanol–water partition coefficient (Wildman–Crippen LogP) is 1.30. The van der Waals surface area contributed by atoms with E-state index in [9.17, 15) is 9.59 Å². The summed E-state index contributed by atoms with van der Waals surface area (Å²) in [5.74, 6) is 0.152. The number of aliphatic hydroxyl groups excluding tert-OH is 1. The lowest BCUT2D eigenvalue weighted by atomic mass is 9.67. The van der Waals surface area contributed by atoms with Crippen molar-refractivity contribution >= 4 is 17.5 Å². The molecule has 0 saturated carbocycles. The number of likely N-dealkylation sites (tertiary alicyclic amines) is 1. The third kappa shape index (κ3) is 2.39. The van der Waals surface area contributed by atoms with Gasteiger partial charge in [-0.25, -0.2) is 0 Å². The summed E-state index contributed by atoms with van der Waals surface area (Å²) in [6, 6.07) is 8.09. The zero-order valence-corrected chi connectivity index (χ0v) is 12.9. The quantitative estimate of drug-likeness (QED) is 0.895. The first-order valence-corrected chi connectivity index (χ1v) is 7.82. The molecule has 1 saturated heterocycles. The lowest BCUT2D eigenvalue weighted by molar-refractivity contribution is -0.133. The van der Waals surface area contributed by atoms with Crippen LogP contribution in [0.2, 0.25) is 0 Å². The van der Waals surface area contributed by atoms with Crippen molar-refractivity contribution in [2.24, 2.45) is 0 Å². The molecule has 0 bridgehead atoms. The molecule has 5 nitrogen and oxygen atoms in total. The number of aliphatic hydroxyl groups is 1. The van der Waals surface area contributed by atoms with Crippen LogP contribution < -0.4 is 4.90 Å². The van der Waals surface area contributed by atoms with Gasteiger partial charge in [0.15, 0.2) is 0 Å². The van der Waals surface area contributed by atoms with Crippen LogP contribution in [-0.2, 0) is 15.0 Å². The number of amides is 2. The van der Waals surface area contributed by atoms with Crippen molar-refractivity contribution in [1.29, 1.82) is 0 Å². The largest absolute Gasteiger partial charge is 0.396 e. The van der Waals surface area contributed by atoms with E-state index in [0.29, 0.717) is 19.5 Å². The molecule has 0 atom stereocenters. The van der Waals surface area contributed by atoms with Gasteiger partial charge in [-0.3, -0.25) is 9.59 Å². The Morgan fingerprint density at radius 2 is 1.95 bits per heavy atom. The zero-order chi connectivity index (χ0) is 15.7. The lowest BCUT2D eigenvalue weighted by Gasteiger charge is -2.46. The number of para-hydroxylation sites is 1. The number of carbonyl (C=O) groups is 2. The van der Waals surface area contributed by atoms with E-state index in [-0.39, 0.29) is 30.3 Å². The number of benzene rings is 1. The normalized spacial score (nSPS) is 20.2. The highest BCUT2D eigenvalue weighted by Crippen LogP contribution is 2.46. The molecule has 1 aromatic rings. The second kappa shape index (κ2) is 5.72. The van der Waals surface area contributed by atoms with Gasteiger partial charge in [-0.05, 0) is 24.5 Å². The Kier molecular flexibility index (Phi) is 3.91. The van der Waals surface area contributed by atoms with E-state index < -0.39 is 0 Å². The first kappa shape index (κ1) is 15.0. The topological polar surface area (TPSA) is 60.9 Å². The van der Waals surface area contributed by atoms with Crippen molar-refractivity contribution in [2.45, 2.75) is 31.1 Å². The molecular formula is C17H22N2O3. The molecule has 22 heavy (non-hydrogen) atoms. The minimum atomic E-state index is -0.143. The van der Waals surface area contributed by atoms with Gasteiger partial charge in [0.1, 0.15) is 0 Å². The molecule has 0 unspecified atom stereocenters. The van der Waals surface area contributed by atoms with Crippen molar-refractivity contribution in [3.63, 3.8) is 0 Å². The number of rotatable bonds is 2. The molecule has 2 aliphatic heterocycles. The monoisotopic (exact) mass is 302 g/mol. The minimum Gasteiger partial charge on any atom is -0.396 e. The number of carbonyl (C=O) groups excluding carboxylic acids is 2. The Balaban J connectivity index is 1.85. The van der Waals surface area contributed by atoms with E-state index in [4.69, 9.17) is 5.11 Å². The van der Waals surface area contributed by atoms with Gasteiger partial charge in [0.25, 0.3) is 0 Å². The van der Waals surface area contributed by atoms with Gasteiger partial charge in [-0.1, -0.05) is 18.2 Å². The van der Waals surface area contributed by atoms with Gasteiger partial charge in [0.05, 0.1) is 6.61 Å². The van der Waals surface area contributed by atoms with Crippen LogP contribution in [0.3, 0.4) is 0 Å². The second-order valence-corrected chi connectivity index (χ2v) is 6.28. The summed E-state index contributed by atoms with van der Waals surface area (Å²) in [5, 5.41) is 8.91. The summed E-state index contributed by atoms with van der Waals surface area (Å²) in [6.45, 7) is 1.21. The number of piperidine rings is 1. The van der Waals surface area contributed by atoms with Crippen LogP contribution in [0.4, 0.5) is 5.69 Å². The lowest BCUT2D eigenvalue weighted by Crippen LogP contribution is -2.50. The number of anilines is 1. The van der Waals surface area contributed by atoms with Crippen molar-refractivity contribution < 1.29 is 14.7 Å². The molecule has 2 heterocycles. The highest BCUT2D eigenvalue weighted by molar-refractivity contribution is 5.97. The molecule has 1 N–H and O–H groups in total. The number of nitrogens with zero attached hydrogens (tertiary/aromatic N) is 2. The van der Waals surface area contributed by atoms with Crippen molar-refractivity contribution in [2.75, 3.05) is 31.6 Å². The molecule has 118 valence electrons. The Morgan fingerprint density at radius 1 is 1.27 bits per heavy atom. The van der Waals surface area contributed by atoms with Crippen molar-refractivity contribution in [3.05, 3.63) is 29.8 Å². The zero-order valence-electron chi connectivity index (χ0n) is 12.9. The van der Waals surface area contributed by atoms with E-state index in [0.717, 1.165) is 18.5 Å². The van der Waals surface area contributed by atoms with Gasteiger partial charge in [0, 0.05) is 44.1 Å². The van der Waals surface area contributed by atoms with Gasteiger partial charge in [-0.15, -0.1) is 0 Å². The Hall–Kier alpha value is -1.88. The first-order valence-electron chi connectivity index (χ1n) is 7.82. The molecule has 0 aromatic heterocycles. The van der Waals surface area contributed by atoms with Crippen LogP contribution >= 0.6 is 0 Å². The number of fused-ring (bicyclic) bond motifs is 2. The van der Waals surface area contributed by atoms with E-state index in [1.807, 2.05) is 30.1 Å². The Morgan fingerprint density at radius 3 is 2.64 bits per heavy atom. The average molecular weight is 302 g/mol. The van der Waals surface area contributed by atoms with Crippen LogP contribution in [0.5, 0.6) is 0 Å². The molecule has 5 heteroatoms. The number of hydrogen-bond donors (Lipinski definition) is 1. The predicted molar refractivity (Wildman–Crippen MR) is 83.7 cm³/mol. The molecule has 1 spiro atoms. The maximum absolute atomic E-state index is 12.4. The maximum Gasteiger partial charge on any atom is 0.227 e. The summed E-state index contributed by atoms with van der Waals surface area (Å²) in [4.78, 5) is 27.8. The van der Waals surface area contributed by atoms with E-state index >= 15 is 0 Å². The fourth-order valence-corrected chi connectivity index (χ4v) is 3.74. The van der Waals surface area contributed by atoms with Crippen molar-refractivity contribution in [1.82, 2.24) is 4.90 Å². The number of hydrogen-bond acceptors (Lipinski definition) is 3. The molecule has 0 radical (unpaired) electrons. The van der Waals surface area contributed by atoms with Gasteiger partial charge in [-0.2, -0.15) is 0 Å². The van der Waals surface area contributed by atoms with E-state index in [1.54, 1.807) is 4.90 Å². The SMILES string of the molecule is CN1C(=O)CC2(CCN(C(=O)CCO)CC2)c2ccccc21. The molecule has 1 fully saturated rings. The molecule has 0 aliphatic carbocycles. The summed E-state index contributed by atoms with van der Waals surface area (Å²) in [6.07, 6.45) is 2.31. The first-order chi connectivity index (χ1) is 10.6. The van der Waals surface area contributed by atoms with Crippen molar-refractivity contribution in [3.8, 4) is 0 Å². The molecular weight excluding hydrogens is 280 g/mol. The molecule has 2 aliphatic rings. The third-order valence-electron chi connectivity index (χ3n) is 5.10. The summed E-state index contributed by atoms with van der Waals surface area (Å²) in [5.41, 5.74) is 2.08. The third-order valence-corrected chi connectivity index (χ3v) is 5.10.